The maximum Gasteiger partial charge on any atom is 0.230 e. The second-order valence-corrected chi connectivity index (χ2v) is 6.87. The largest absolute Gasteiger partial charge is 0.355 e. The Morgan fingerprint density at radius 1 is 1.15 bits per heavy atom. The Morgan fingerprint density at radius 2 is 1.88 bits per heavy atom. The van der Waals surface area contributed by atoms with Crippen LogP contribution in [-0.2, 0) is 16.6 Å². The SMILES string of the molecule is O=C(NCCc1nc(-c2ccncc2)n[nH]1)C1(c2ccc(Cl)cc2)CC1. The number of amides is 1. The van der Waals surface area contributed by atoms with Crippen LogP contribution in [0.25, 0.3) is 11.4 Å². The monoisotopic (exact) mass is 367 g/mol. The molecule has 132 valence electrons. The van der Waals surface area contributed by atoms with Gasteiger partial charge >= 0.3 is 0 Å². The van der Waals surface area contributed by atoms with Crippen LogP contribution < -0.4 is 5.32 Å². The summed E-state index contributed by atoms with van der Waals surface area (Å²) >= 11 is 5.94. The van der Waals surface area contributed by atoms with Crippen LogP contribution >= 0.6 is 11.6 Å². The van der Waals surface area contributed by atoms with Gasteiger partial charge in [-0.15, -0.1) is 0 Å². The molecule has 1 saturated carbocycles. The highest BCUT2D eigenvalue weighted by Crippen LogP contribution is 2.48. The van der Waals surface area contributed by atoms with Crippen LogP contribution in [0.5, 0.6) is 0 Å². The number of carbonyl (C=O) groups is 1. The van der Waals surface area contributed by atoms with Crippen LogP contribution in [-0.4, -0.2) is 32.6 Å². The van der Waals surface area contributed by atoms with E-state index in [0.29, 0.717) is 23.8 Å². The lowest BCUT2D eigenvalue weighted by atomic mass is 9.95. The minimum atomic E-state index is -0.395. The highest BCUT2D eigenvalue weighted by atomic mass is 35.5. The lowest BCUT2D eigenvalue weighted by Crippen LogP contribution is -2.36. The van der Waals surface area contributed by atoms with Gasteiger partial charge in [0.1, 0.15) is 5.82 Å². The lowest BCUT2D eigenvalue weighted by molar-refractivity contribution is -0.123. The van der Waals surface area contributed by atoms with Gasteiger partial charge in [-0.25, -0.2) is 4.98 Å². The first kappa shape index (κ1) is 16.7. The number of pyridine rings is 1. The van der Waals surface area contributed by atoms with E-state index < -0.39 is 5.41 Å². The molecule has 0 spiro atoms. The van der Waals surface area contributed by atoms with E-state index in [9.17, 15) is 4.79 Å². The number of nitrogens with zero attached hydrogens (tertiary/aromatic N) is 3. The Morgan fingerprint density at radius 3 is 2.58 bits per heavy atom. The van der Waals surface area contributed by atoms with Crippen molar-refractivity contribution in [2.45, 2.75) is 24.7 Å². The van der Waals surface area contributed by atoms with Crippen molar-refractivity contribution in [1.29, 1.82) is 0 Å². The van der Waals surface area contributed by atoms with Crippen LogP contribution in [0.4, 0.5) is 0 Å². The maximum absolute atomic E-state index is 12.6. The molecule has 0 atom stereocenters. The number of rotatable bonds is 6. The smallest absolute Gasteiger partial charge is 0.230 e. The molecule has 0 aliphatic heterocycles. The van der Waals surface area contributed by atoms with Crippen LogP contribution in [0, 0.1) is 0 Å². The first-order valence-electron chi connectivity index (χ1n) is 8.53. The van der Waals surface area contributed by atoms with Crippen molar-refractivity contribution in [3.63, 3.8) is 0 Å². The minimum Gasteiger partial charge on any atom is -0.355 e. The van der Waals surface area contributed by atoms with Crippen LogP contribution in [0.1, 0.15) is 24.2 Å². The highest BCUT2D eigenvalue weighted by Gasteiger charge is 2.50. The van der Waals surface area contributed by atoms with Gasteiger partial charge in [0.05, 0.1) is 5.41 Å². The number of carbonyl (C=O) groups excluding carboxylic acids is 1. The summed E-state index contributed by atoms with van der Waals surface area (Å²) in [6, 6.07) is 11.3. The molecule has 6 nitrogen and oxygen atoms in total. The fourth-order valence-corrected chi connectivity index (χ4v) is 3.17. The molecule has 0 unspecified atom stereocenters. The Kier molecular flexibility index (Phi) is 4.42. The van der Waals surface area contributed by atoms with Gasteiger partial charge in [-0.05, 0) is 42.7 Å². The summed E-state index contributed by atoms with van der Waals surface area (Å²) in [5.41, 5.74) is 1.54. The van der Waals surface area contributed by atoms with Crippen molar-refractivity contribution < 1.29 is 4.79 Å². The molecule has 7 heteroatoms. The fraction of sp³-hybridized carbons (Fsp3) is 0.263. The van der Waals surface area contributed by atoms with Crippen molar-refractivity contribution in [3.8, 4) is 11.4 Å². The van der Waals surface area contributed by atoms with Gasteiger partial charge in [0.2, 0.25) is 5.91 Å². The molecule has 1 fully saturated rings. The van der Waals surface area contributed by atoms with E-state index in [4.69, 9.17) is 11.6 Å². The van der Waals surface area contributed by atoms with E-state index in [1.807, 2.05) is 36.4 Å². The molecular formula is C19H18ClN5O. The van der Waals surface area contributed by atoms with Gasteiger partial charge in [-0.3, -0.25) is 14.9 Å². The standard InChI is InChI=1S/C19H18ClN5O/c20-15-3-1-14(2-4-15)19(8-9-19)18(26)22-12-7-16-23-17(25-24-16)13-5-10-21-11-6-13/h1-6,10-11H,7-9,12H2,(H,22,26)(H,23,24,25). The van der Waals surface area contributed by atoms with Gasteiger partial charge in [0.25, 0.3) is 0 Å². The number of aromatic amines is 1. The molecule has 4 rings (SSSR count). The van der Waals surface area contributed by atoms with Crippen molar-refractivity contribution in [2.75, 3.05) is 6.54 Å². The van der Waals surface area contributed by atoms with E-state index in [2.05, 4.69) is 25.5 Å². The summed E-state index contributed by atoms with van der Waals surface area (Å²) in [6.45, 7) is 0.513. The van der Waals surface area contributed by atoms with Gasteiger partial charge in [0, 0.05) is 35.9 Å². The molecule has 1 amide bonds. The highest BCUT2D eigenvalue weighted by molar-refractivity contribution is 6.30. The number of halogens is 1. The Labute approximate surface area is 156 Å². The predicted molar refractivity (Wildman–Crippen MR) is 98.7 cm³/mol. The molecule has 2 aromatic heterocycles. The molecule has 26 heavy (non-hydrogen) atoms. The van der Waals surface area contributed by atoms with Gasteiger partial charge in [-0.2, -0.15) is 5.10 Å². The lowest BCUT2D eigenvalue weighted by Gasteiger charge is -2.15. The summed E-state index contributed by atoms with van der Waals surface area (Å²) in [4.78, 5) is 21.1. The van der Waals surface area contributed by atoms with Gasteiger partial charge in [-0.1, -0.05) is 23.7 Å². The number of hydrogen-bond donors (Lipinski definition) is 2. The molecule has 0 saturated heterocycles. The molecular weight excluding hydrogens is 350 g/mol. The molecule has 0 radical (unpaired) electrons. The third kappa shape index (κ3) is 3.32. The zero-order valence-corrected chi connectivity index (χ0v) is 14.8. The number of aromatic nitrogens is 4. The number of benzene rings is 1. The molecule has 1 aliphatic rings. The zero-order valence-electron chi connectivity index (χ0n) is 14.1. The van der Waals surface area contributed by atoms with Crippen LogP contribution in [0.3, 0.4) is 0 Å². The van der Waals surface area contributed by atoms with Crippen molar-refractivity contribution in [2.24, 2.45) is 0 Å². The Hall–Kier alpha value is -2.73. The molecule has 2 N–H and O–H groups in total. The van der Waals surface area contributed by atoms with E-state index in [-0.39, 0.29) is 5.91 Å². The molecule has 1 aliphatic carbocycles. The van der Waals surface area contributed by atoms with E-state index in [1.54, 1.807) is 12.4 Å². The summed E-state index contributed by atoms with van der Waals surface area (Å²) in [5.74, 6) is 1.44. The second-order valence-electron chi connectivity index (χ2n) is 6.44. The van der Waals surface area contributed by atoms with Crippen molar-refractivity contribution in [1.82, 2.24) is 25.5 Å². The maximum atomic E-state index is 12.6. The molecule has 1 aromatic carbocycles. The zero-order chi connectivity index (χ0) is 18.0. The van der Waals surface area contributed by atoms with Crippen molar-refractivity contribution >= 4 is 17.5 Å². The average Bonchev–Trinajstić information content (AvgIpc) is 3.35. The number of nitrogens with one attached hydrogen (secondary N) is 2. The average molecular weight is 368 g/mol. The fourth-order valence-electron chi connectivity index (χ4n) is 3.04. The Balaban J connectivity index is 1.34. The van der Waals surface area contributed by atoms with Gasteiger partial charge in [0.15, 0.2) is 5.82 Å². The molecule has 3 aromatic rings. The van der Waals surface area contributed by atoms with Crippen LogP contribution in [0.2, 0.25) is 5.02 Å². The first-order chi connectivity index (χ1) is 12.7. The van der Waals surface area contributed by atoms with E-state index in [1.165, 1.54) is 0 Å². The quantitative estimate of drug-likeness (QED) is 0.701. The molecule has 0 bridgehead atoms. The Bertz CT molecular complexity index is 903. The third-order valence-corrected chi connectivity index (χ3v) is 4.95. The van der Waals surface area contributed by atoms with E-state index >= 15 is 0 Å². The van der Waals surface area contributed by atoms with E-state index in [0.717, 1.165) is 29.8 Å². The number of hydrogen-bond acceptors (Lipinski definition) is 4. The predicted octanol–water partition coefficient (Wildman–Crippen LogP) is 2.91. The third-order valence-electron chi connectivity index (χ3n) is 4.70. The first-order valence-corrected chi connectivity index (χ1v) is 8.91. The minimum absolute atomic E-state index is 0.0636. The summed E-state index contributed by atoms with van der Waals surface area (Å²) < 4.78 is 0. The summed E-state index contributed by atoms with van der Waals surface area (Å²) in [5, 5.41) is 10.8. The topological polar surface area (TPSA) is 83.6 Å². The van der Waals surface area contributed by atoms with Crippen LogP contribution in [0.15, 0.2) is 48.8 Å². The normalized spacial score (nSPS) is 14.8. The number of H-pyrrole nitrogens is 1. The molecule has 2 heterocycles. The van der Waals surface area contributed by atoms with Gasteiger partial charge < -0.3 is 5.32 Å². The summed E-state index contributed by atoms with van der Waals surface area (Å²) in [6.07, 6.45) is 5.75. The van der Waals surface area contributed by atoms with Crippen molar-refractivity contribution in [3.05, 3.63) is 65.2 Å². The summed E-state index contributed by atoms with van der Waals surface area (Å²) in [7, 11) is 0. The second kappa shape index (κ2) is 6.88.